The molecule has 2 saturated carbocycles. The van der Waals surface area contributed by atoms with Crippen LogP contribution in [0.1, 0.15) is 50.5 Å². The highest BCUT2D eigenvalue weighted by Crippen LogP contribution is 2.50. The van der Waals surface area contributed by atoms with Crippen LogP contribution in [0.3, 0.4) is 0 Å². The minimum Gasteiger partial charge on any atom is -0.317 e. The molecule has 4 atom stereocenters. The Balaban J connectivity index is 1.41. The van der Waals surface area contributed by atoms with Crippen LogP contribution >= 0.6 is 0 Å². The number of nitrogens with one attached hydrogen (secondary N) is 1. The van der Waals surface area contributed by atoms with Gasteiger partial charge in [-0.25, -0.2) is 0 Å². The van der Waals surface area contributed by atoms with Gasteiger partial charge in [0.05, 0.1) is 0 Å². The van der Waals surface area contributed by atoms with Crippen LogP contribution in [0.25, 0.3) is 0 Å². The number of aryl methyl sites for hydroxylation is 1. The highest BCUT2D eigenvalue weighted by atomic mass is 14.9. The maximum absolute atomic E-state index is 3.57. The average molecular weight is 271 g/mol. The Morgan fingerprint density at radius 2 is 2.00 bits per heavy atom. The molecule has 1 aromatic rings. The third-order valence-electron chi connectivity index (χ3n) is 5.74. The van der Waals surface area contributed by atoms with Crippen molar-refractivity contribution in [2.75, 3.05) is 7.05 Å². The van der Waals surface area contributed by atoms with Crippen LogP contribution in [0.2, 0.25) is 0 Å². The van der Waals surface area contributed by atoms with Crippen molar-refractivity contribution < 1.29 is 0 Å². The molecule has 2 fully saturated rings. The van der Waals surface area contributed by atoms with Crippen molar-refractivity contribution in [1.29, 1.82) is 0 Å². The molecule has 0 heterocycles. The van der Waals surface area contributed by atoms with Gasteiger partial charge in [0.25, 0.3) is 0 Å². The predicted octanol–water partition coefficient (Wildman–Crippen LogP) is 4.42. The minimum atomic E-state index is 0.739. The molecule has 3 rings (SSSR count). The van der Waals surface area contributed by atoms with E-state index in [2.05, 4.69) is 42.7 Å². The largest absolute Gasteiger partial charge is 0.317 e. The van der Waals surface area contributed by atoms with E-state index in [9.17, 15) is 0 Å². The van der Waals surface area contributed by atoms with Gasteiger partial charge in [0.2, 0.25) is 0 Å². The summed E-state index contributed by atoms with van der Waals surface area (Å²) in [5.41, 5.74) is 1.49. The van der Waals surface area contributed by atoms with Crippen molar-refractivity contribution in [3.05, 3.63) is 35.9 Å². The monoisotopic (exact) mass is 271 g/mol. The average Bonchev–Trinajstić information content (AvgIpc) is 3.10. The smallest absolute Gasteiger partial charge is 0.00669 e. The van der Waals surface area contributed by atoms with Gasteiger partial charge in [-0.15, -0.1) is 0 Å². The van der Waals surface area contributed by atoms with E-state index in [4.69, 9.17) is 0 Å². The lowest BCUT2D eigenvalue weighted by Gasteiger charge is -2.26. The maximum Gasteiger partial charge on any atom is 0.00669 e. The minimum absolute atomic E-state index is 0.739. The lowest BCUT2D eigenvalue weighted by molar-refractivity contribution is 0.275. The summed E-state index contributed by atoms with van der Waals surface area (Å²) in [5, 5.41) is 3.57. The van der Waals surface area contributed by atoms with Gasteiger partial charge in [0.1, 0.15) is 0 Å². The molecule has 1 N–H and O–H groups in total. The molecule has 2 bridgehead atoms. The number of rotatable bonds is 7. The molecule has 0 aliphatic heterocycles. The van der Waals surface area contributed by atoms with Gasteiger partial charge in [-0.05, 0) is 75.3 Å². The molecule has 1 aromatic carbocycles. The Morgan fingerprint density at radius 3 is 2.65 bits per heavy atom. The summed E-state index contributed by atoms with van der Waals surface area (Å²) in [4.78, 5) is 0. The van der Waals surface area contributed by atoms with Crippen LogP contribution in [0.4, 0.5) is 0 Å². The third-order valence-corrected chi connectivity index (χ3v) is 5.74. The first-order valence-electron chi connectivity index (χ1n) is 8.56. The maximum atomic E-state index is 3.57. The SMILES string of the molecule is CNC(CCCc1ccccc1)CC1CC2CCC1C2. The summed E-state index contributed by atoms with van der Waals surface area (Å²) in [5.74, 6) is 3.19. The van der Waals surface area contributed by atoms with Gasteiger partial charge in [0.15, 0.2) is 0 Å². The number of hydrogen-bond acceptors (Lipinski definition) is 1. The van der Waals surface area contributed by atoms with Crippen LogP contribution in [-0.2, 0) is 6.42 Å². The zero-order valence-electron chi connectivity index (χ0n) is 12.9. The summed E-state index contributed by atoms with van der Waals surface area (Å²) in [6.07, 6.45) is 11.4. The lowest BCUT2D eigenvalue weighted by Crippen LogP contribution is -2.29. The first-order chi connectivity index (χ1) is 9.85. The molecule has 0 spiro atoms. The molecular formula is C19H29N. The summed E-state index contributed by atoms with van der Waals surface area (Å²) in [6, 6.07) is 11.7. The second kappa shape index (κ2) is 6.76. The number of benzene rings is 1. The van der Waals surface area contributed by atoms with Crippen LogP contribution in [0.15, 0.2) is 30.3 Å². The van der Waals surface area contributed by atoms with Crippen molar-refractivity contribution in [3.63, 3.8) is 0 Å². The van der Waals surface area contributed by atoms with Gasteiger partial charge in [-0.2, -0.15) is 0 Å². The summed E-state index contributed by atoms with van der Waals surface area (Å²) < 4.78 is 0. The fraction of sp³-hybridized carbons (Fsp3) is 0.684. The van der Waals surface area contributed by atoms with E-state index in [-0.39, 0.29) is 0 Å². The zero-order valence-corrected chi connectivity index (χ0v) is 12.9. The van der Waals surface area contributed by atoms with Gasteiger partial charge < -0.3 is 5.32 Å². The van der Waals surface area contributed by atoms with Crippen LogP contribution < -0.4 is 5.32 Å². The quantitative estimate of drug-likeness (QED) is 0.774. The van der Waals surface area contributed by atoms with Crippen molar-refractivity contribution in [2.45, 2.75) is 57.4 Å². The zero-order chi connectivity index (χ0) is 13.8. The van der Waals surface area contributed by atoms with Gasteiger partial charge >= 0.3 is 0 Å². The first-order valence-corrected chi connectivity index (χ1v) is 8.56. The normalized spacial score (nSPS) is 29.8. The Morgan fingerprint density at radius 1 is 1.15 bits per heavy atom. The molecule has 110 valence electrons. The van der Waals surface area contributed by atoms with E-state index in [0.29, 0.717) is 0 Å². The Hall–Kier alpha value is -0.820. The van der Waals surface area contributed by atoms with Crippen molar-refractivity contribution in [2.24, 2.45) is 17.8 Å². The predicted molar refractivity (Wildman–Crippen MR) is 85.8 cm³/mol. The Labute approximate surface area is 124 Å². The topological polar surface area (TPSA) is 12.0 Å². The molecular weight excluding hydrogens is 242 g/mol. The molecule has 4 unspecified atom stereocenters. The number of hydrogen-bond donors (Lipinski definition) is 1. The summed E-state index contributed by atoms with van der Waals surface area (Å²) >= 11 is 0. The molecule has 0 radical (unpaired) electrons. The molecule has 2 aliphatic carbocycles. The molecule has 20 heavy (non-hydrogen) atoms. The molecule has 1 nitrogen and oxygen atoms in total. The first kappa shape index (κ1) is 14.1. The van der Waals surface area contributed by atoms with Gasteiger partial charge in [-0.3, -0.25) is 0 Å². The highest BCUT2D eigenvalue weighted by Gasteiger charge is 2.39. The fourth-order valence-corrected chi connectivity index (χ4v) is 4.61. The van der Waals surface area contributed by atoms with E-state index in [0.717, 1.165) is 23.8 Å². The standard InChI is InChI=1S/C19H29N/c1-20-19(9-5-8-15-6-3-2-4-7-15)14-18-13-16-10-11-17(18)12-16/h2-4,6-7,16-20H,5,8-14H2,1H3. The fourth-order valence-electron chi connectivity index (χ4n) is 4.61. The Bertz CT molecular complexity index is 399. The van der Waals surface area contributed by atoms with Crippen molar-refractivity contribution in [1.82, 2.24) is 5.32 Å². The second-order valence-electron chi connectivity index (χ2n) is 7.03. The third kappa shape index (κ3) is 3.44. The highest BCUT2D eigenvalue weighted by molar-refractivity contribution is 5.14. The van der Waals surface area contributed by atoms with E-state index in [1.807, 2.05) is 0 Å². The van der Waals surface area contributed by atoms with Crippen LogP contribution in [0, 0.1) is 17.8 Å². The van der Waals surface area contributed by atoms with Gasteiger partial charge in [0, 0.05) is 6.04 Å². The van der Waals surface area contributed by atoms with Crippen molar-refractivity contribution >= 4 is 0 Å². The van der Waals surface area contributed by atoms with Gasteiger partial charge in [-0.1, -0.05) is 36.8 Å². The van der Waals surface area contributed by atoms with Crippen LogP contribution in [-0.4, -0.2) is 13.1 Å². The molecule has 1 heteroatoms. The van der Waals surface area contributed by atoms with Crippen LogP contribution in [0.5, 0.6) is 0 Å². The van der Waals surface area contributed by atoms with Crippen molar-refractivity contribution in [3.8, 4) is 0 Å². The molecule has 0 aromatic heterocycles. The van der Waals surface area contributed by atoms with E-state index < -0.39 is 0 Å². The lowest BCUT2D eigenvalue weighted by atomic mass is 9.83. The van der Waals surface area contributed by atoms with E-state index in [1.165, 1.54) is 50.5 Å². The summed E-state index contributed by atoms with van der Waals surface area (Å²) in [6.45, 7) is 0. The van der Waals surface area contributed by atoms with E-state index >= 15 is 0 Å². The molecule has 2 aliphatic rings. The Kier molecular flexibility index (Phi) is 4.77. The number of fused-ring (bicyclic) bond motifs is 2. The second-order valence-corrected chi connectivity index (χ2v) is 7.03. The molecule has 0 saturated heterocycles. The molecule has 0 amide bonds. The van der Waals surface area contributed by atoms with E-state index in [1.54, 1.807) is 6.42 Å². The summed E-state index contributed by atoms with van der Waals surface area (Å²) in [7, 11) is 2.15.